The maximum absolute atomic E-state index is 12.6. The van der Waals surface area contributed by atoms with Crippen LogP contribution in [0.15, 0.2) is 47.6 Å². The SMILES string of the molecule is CN(CCCc1ccccc1)S(=O)(=O)c1cnn([C@H]2CCOC2)c1. The molecule has 6 nitrogen and oxygen atoms in total. The van der Waals surface area contributed by atoms with Gasteiger partial charge in [0.15, 0.2) is 0 Å². The van der Waals surface area contributed by atoms with Gasteiger partial charge in [-0.3, -0.25) is 4.68 Å². The van der Waals surface area contributed by atoms with Crippen LogP contribution in [-0.2, 0) is 21.2 Å². The molecule has 0 radical (unpaired) electrons. The van der Waals surface area contributed by atoms with E-state index in [1.54, 1.807) is 17.9 Å². The molecule has 1 aromatic heterocycles. The number of aryl methyl sites for hydroxylation is 1. The third-order valence-electron chi connectivity index (χ3n) is 4.35. The molecule has 1 aliphatic rings. The molecule has 0 saturated carbocycles. The van der Waals surface area contributed by atoms with Crippen molar-refractivity contribution in [1.29, 1.82) is 0 Å². The highest BCUT2D eigenvalue weighted by Gasteiger charge is 2.25. The lowest BCUT2D eigenvalue weighted by molar-refractivity contribution is 0.184. The smallest absolute Gasteiger partial charge is 0.245 e. The first kappa shape index (κ1) is 17.1. The summed E-state index contributed by atoms with van der Waals surface area (Å²) in [6, 6.07) is 10.2. The van der Waals surface area contributed by atoms with E-state index in [9.17, 15) is 8.42 Å². The predicted octanol–water partition coefficient (Wildman–Crippen LogP) is 2.10. The Bertz CT molecular complexity index is 752. The van der Waals surface area contributed by atoms with Crippen molar-refractivity contribution < 1.29 is 13.2 Å². The summed E-state index contributed by atoms with van der Waals surface area (Å²) in [7, 11) is -1.87. The van der Waals surface area contributed by atoms with E-state index in [4.69, 9.17) is 4.74 Å². The fourth-order valence-corrected chi connectivity index (χ4v) is 3.99. The average Bonchev–Trinajstić information content (AvgIpc) is 3.27. The Balaban J connectivity index is 1.59. The van der Waals surface area contributed by atoms with E-state index in [2.05, 4.69) is 17.2 Å². The number of rotatable bonds is 7. The highest BCUT2D eigenvalue weighted by molar-refractivity contribution is 7.89. The monoisotopic (exact) mass is 349 g/mol. The molecule has 0 spiro atoms. The Labute approximate surface area is 143 Å². The quantitative estimate of drug-likeness (QED) is 0.768. The van der Waals surface area contributed by atoms with Crippen molar-refractivity contribution in [2.45, 2.75) is 30.2 Å². The lowest BCUT2D eigenvalue weighted by Crippen LogP contribution is -2.28. The van der Waals surface area contributed by atoms with Crippen molar-refractivity contribution in [3.8, 4) is 0 Å². The number of benzene rings is 1. The van der Waals surface area contributed by atoms with E-state index in [-0.39, 0.29) is 10.9 Å². The molecule has 1 aromatic carbocycles. The van der Waals surface area contributed by atoms with Crippen LogP contribution < -0.4 is 0 Å². The maximum Gasteiger partial charge on any atom is 0.245 e. The zero-order chi connectivity index (χ0) is 17.0. The molecule has 1 saturated heterocycles. The largest absolute Gasteiger partial charge is 0.379 e. The zero-order valence-corrected chi connectivity index (χ0v) is 14.7. The molecule has 2 heterocycles. The summed E-state index contributed by atoms with van der Waals surface area (Å²) < 4.78 is 33.7. The number of ether oxygens (including phenoxy) is 1. The minimum absolute atomic E-state index is 0.136. The van der Waals surface area contributed by atoms with Crippen LogP contribution >= 0.6 is 0 Å². The second kappa shape index (κ2) is 7.46. The molecule has 1 aliphatic heterocycles. The summed E-state index contributed by atoms with van der Waals surface area (Å²) in [6.07, 6.45) is 5.56. The molecule has 0 unspecified atom stereocenters. The Kier molecular flexibility index (Phi) is 5.33. The number of hydrogen-bond donors (Lipinski definition) is 0. The first-order valence-corrected chi connectivity index (χ1v) is 9.63. The highest BCUT2D eigenvalue weighted by Crippen LogP contribution is 2.21. The number of sulfonamides is 1. The van der Waals surface area contributed by atoms with Crippen LogP contribution in [0.2, 0.25) is 0 Å². The highest BCUT2D eigenvalue weighted by atomic mass is 32.2. The second-order valence-corrected chi connectivity index (χ2v) is 8.13. The van der Waals surface area contributed by atoms with Crippen molar-refractivity contribution in [3.05, 3.63) is 48.3 Å². The van der Waals surface area contributed by atoms with E-state index in [0.717, 1.165) is 19.3 Å². The fourth-order valence-electron chi connectivity index (χ4n) is 2.83. The summed E-state index contributed by atoms with van der Waals surface area (Å²) in [6.45, 7) is 1.77. The van der Waals surface area contributed by atoms with E-state index >= 15 is 0 Å². The normalized spacial score (nSPS) is 18.3. The lowest BCUT2D eigenvalue weighted by Gasteiger charge is -2.16. The predicted molar refractivity (Wildman–Crippen MR) is 91.3 cm³/mol. The molecule has 0 N–H and O–H groups in total. The standard InChI is InChI=1S/C17H23N3O3S/c1-19(10-5-8-15-6-3-2-4-7-15)24(21,22)17-12-18-20(13-17)16-9-11-23-14-16/h2-4,6-7,12-13,16H,5,8-11,14H2,1H3/t16-/m0/s1. The topological polar surface area (TPSA) is 64.4 Å². The fraction of sp³-hybridized carbons (Fsp3) is 0.471. The molecular weight excluding hydrogens is 326 g/mol. The first-order valence-electron chi connectivity index (χ1n) is 8.19. The number of aromatic nitrogens is 2. The van der Waals surface area contributed by atoms with Crippen molar-refractivity contribution >= 4 is 10.0 Å². The maximum atomic E-state index is 12.6. The summed E-state index contributed by atoms with van der Waals surface area (Å²) >= 11 is 0. The van der Waals surface area contributed by atoms with Gasteiger partial charge in [0, 0.05) is 26.4 Å². The van der Waals surface area contributed by atoms with Gasteiger partial charge in [0.05, 0.1) is 18.8 Å². The van der Waals surface area contributed by atoms with Crippen LogP contribution in [0.1, 0.15) is 24.4 Å². The van der Waals surface area contributed by atoms with Crippen molar-refractivity contribution in [2.75, 3.05) is 26.8 Å². The Morgan fingerprint density at radius 3 is 2.83 bits per heavy atom. The average molecular weight is 349 g/mol. The van der Waals surface area contributed by atoms with E-state index in [1.165, 1.54) is 16.1 Å². The van der Waals surface area contributed by atoms with Gasteiger partial charge in [-0.1, -0.05) is 30.3 Å². The van der Waals surface area contributed by atoms with Crippen LogP contribution in [0.4, 0.5) is 0 Å². The molecule has 1 atom stereocenters. The van der Waals surface area contributed by atoms with Gasteiger partial charge in [0.25, 0.3) is 0 Å². The summed E-state index contributed by atoms with van der Waals surface area (Å²) in [5.74, 6) is 0. The van der Waals surface area contributed by atoms with Gasteiger partial charge in [0.1, 0.15) is 4.90 Å². The third kappa shape index (κ3) is 3.85. The van der Waals surface area contributed by atoms with Crippen LogP contribution in [0.3, 0.4) is 0 Å². The molecule has 24 heavy (non-hydrogen) atoms. The molecule has 0 amide bonds. The Hall–Kier alpha value is -1.70. The van der Waals surface area contributed by atoms with Gasteiger partial charge in [-0.05, 0) is 24.8 Å². The van der Waals surface area contributed by atoms with Crippen molar-refractivity contribution in [2.24, 2.45) is 0 Å². The summed E-state index contributed by atoms with van der Waals surface area (Å²) in [5, 5.41) is 4.21. The van der Waals surface area contributed by atoms with E-state index < -0.39 is 10.0 Å². The molecule has 3 rings (SSSR count). The van der Waals surface area contributed by atoms with Crippen LogP contribution in [0.25, 0.3) is 0 Å². The van der Waals surface area contributed by atoms with E-state index in [1.807, 2.05) is 18.2 Å². The van der Waals surface area contributed by atoms with Gasteiger partial charge >= 0.3 is 0 Å². The molecular formula is C17H23N3O3S. The first-order chi connectivity index (χ1) is 11.6. The molecule has 0 bridgehead atoms. The third-order valence-corrected chi connectivity index (χ3v) is 6.16. The molecule has 7 heteroatoms. The second-order valence-electron chi connectivity index (χ2n) is 6.09. The van der Waals surface area contributed by atoms with Crippen molar-refractivity contribution in [3.63, 3.8) is 0 Å². The molecule has 0 aliphatic carbocycles. The van der Waals surface area contributed by atoms with Gasteiger partial charge in [-0.15, -0.1) is 0 Å². The van der Waals surface area contributed by atoms with Crippen molar-refractivity contribution in [1.82, 2.24) is 14.1 Å². The van der Waals surface area contributed by atoms with Gasteiger partial charge in [-0.25, -0.2) is 12.7 Å². The van der Waals surface area contributed by atoms with E-state index in [0.29, 0.717) is 19.8 Å². The Morgan fingerprint density at radius 1 is 1.33 bits per heavy atom. The molecule has 1 fully saturated rings. The minimum Gasteiger partial charge on any atom is -0.379 e. The van der Waals surface area contributed by atoms with Crippen LogP contribution in [-0.4, -0.2) is 49.3 Å². The van der Waals surface area contributed by atoms with Gasteiger partial charge in [0.2, 0.25) is 10.0 Å². The number of hydrogen-bond acceptors (Lipinski definition) is 4. The lowest BCUT2D eigenvalue weighted by atomic mass is 10.1. The van der Waals surface area contributed by atoms with Crippen LogP contribution in [0, 0.1) is 0 Å². The summed E-state index contributed by atoms with van der Waals surface area (Å²) in [4.78, 5) is 0.247. The number of nitrogens with zero attached hydrogens (tertiary/aromatic N) is 3. The minimum atomic E-state index is -3.49. The summed E-state index contributed by atoms with van der Waals surface area (Å²) in [5.41, 5.74) is 1.22. The van der Waals surface area contributed by atoms with Gasteiger partial charge < -0.3 is 4.74 Å². The zero-order valence-electron chi connectivity index (χ0n) is 13.8. The molecule has 2 aromatic rings. The Morgan fingerprint density at radius 2 is 2.12 bits per heavy atom. The van der Waals surface area contributed by atoms with Gasteiger partial charge in [-0.2, -0.15) is 5.10 Å². The van der Waals surface area contributed by atoms with Crippen LogP contribution in [0.5, 0.6) is 0 Å². The molecule has 130 valence electrons.